The van der Waals surface area contributed by atoms with Gasteiger partial charge in [0, 0.05) is 18.0 Å². The molecule has 4 nitrogen and oxygen atoms in total. The third-order valence-corrected chi connectivity index (χ3v) is 4.44. The Morgan fingerprint density at radius 1 is 1.06 bits per heavy atom. The molecule has 1 aromatic rings. The maximum Gasteiger partial charge on any atom is 0.253 e. The van der Waals surface area contributed by atoms with Gasteiger partial charge in [0.15, 0.2) is 0 Å². The van der Waals surface area contributed by atoms with Crippen LogP contribution >= 0.6 is 12.6 Å². The van der Waals surface area contributed by atoms with E-state index in [0.29, 0.717) is 0 Å². The fraction of sp³-hybridized carbons (Fsp3) is 0.455. The van der Waals surface area contributed by atoms with Crippen LogP contribution in [-0.4, -0.2) is 26.5 Å². The highest BCUT2D eigenvalue weighted by atomic mass is 32.2. The molecule has 0 aromatic heterocycles. The van der Waals surface area contributed by atoms with E-state index in [-0.39, 0.29) is 4.90 Å². The van der Waals surface area contributed by atoms with Crippen molar-refractivity contribution in [3.05, 3.63) is 24.3 Å². The average Bonchev–Trinajstić information content (AvgIpc) is 2.30. The third-order valence-electron chi connectivity index (χ3n) is 2.75. The first kappa shape index (κ1) is 12.9. The lowest BCUT2D eigenvalue weighted by Gasteiger charge is -2.26. The van der Waals surface area contributed by atoms with Crippen LogP contribution in [0.2, 0.25) is 0 Å². The lowest BCUT2D eigenvalue weighted by Crippen LogP contribution is -2.44. The van der Waals surface area contributed by atoms with Crippen LogP contribution < -0.4 is 4.83 Å². The number of sulfonamides is 1. The lowest BCUT2D eigenvalue weighted by molar-refractivity contribution is 0.200. The predicted octanol–water partition coefficient (Wildman–Crippen LogP) is 1.65. The summed E-state index contributed by atoms with van der Waals surface area (Å²) in [5.74, 6) is 0. The highest BCUT2D eigenvalue weighted by Crippen LogP contribution is 2.14. The Labute approximate surface area is 107 Å². The second kappa shape index (κ2) is 5.39. The minimum absolute atomic E-state index is 0.279. The van der Waals surface area contributed by atoms with Gasteiger partial charge in [-0.15, -0.1) is 17.5 Å². The molecule has 0 aliphatic carbocycles. The van der Waals surface area contributed by atoms with Crippen molar-refractivity contribution in [1.82, 2.24) is 9.84 Å². The summed E-state index contributed by atoms with van der Waals surface area (Å²) in [4.78, 5) is 3.64. The zero-order valence-corrected chi connectivity index (χ0v) is 11.2. The molecular weight excluding hydrogens is 256 g/mol. The van der Waals surface area contributed by atoms with Crippen LogP contribution in [0.15, 0.2) is 34.1 Å². The van der Waals surface area contributed by atoms with E-state index in [1.165, 1.54) is 6.42 Å². The Morgan fingerprint density at radius 2 is 1.65 bits per heavy atom. The number of piperidine rings is 1. The average molecular weight is 272 g/mol. The monoisotopic (exact) mass is 272 g/mol. The summed E-state index contributed by atoms with van der Waals surface area (Å²) in [5, 5.41) is 1.77. The molecule has 2 rings (SSSR count). The van der Waals surface area contributed by atoms with Gasteiger partial charge < -0.3 is 0 Å². The summed E-state index contributed by atoms with van der Waals surface area (Å²) in [6.07, 6.45) is 3.25. The molecule has 1 aliphatic heterocycles. The largest absolute Gasteiger partial charge is 0.253 e. The standard InChI is InChI=1S/C11H16N2O2S2/c14-17(15,11-6-4-10(16)5-7-11)12-13-8-2-1-3-9-13/h4-7,12,16H,1-3,8-9H2. The van der Waals surface area contributed by atoms with E-state index >= 15 is 0 Å². The Morgan fingerprint density at radius 3 is 2.24 bits per heavy atom. The number of hydrogen-bond donors (Lipinski definition) is 2. The van der Waals surface area contributed by atoms with Crippen molar-refractivity contribution < 1.29 is 8.42 Å². The van der Waals surface area contributed by atoms with Gasteiger partial charge in [-0.1, -0.05) is 6.42 Å². The number of hydrazine groups is 1. The predicted molar refractivity (Wildman–Crippen MR) is 69.4 cm³/mol. The fourth-order valence-electron chi connectivity index (χ4n) is 1.83. The molecule has 0 unspecified atom stereocenters. The molecule has 1 fully saturated rings. The summed E-state index contributed by atoms with van der Waals surface area (Å²) in [6, 6.07) is 6.48. The summed E-state index contributed by atoms with van der Waals surface area (Å²) < 4.78 is 24.1. The maximum absolute atomic E-state index is 12.0. The number of benzene rings is 1. The van der Waals surface area contributed by atoms with Crippen LogP contribution in [-0.2, 0) is 10.0 Å². The normalized spacial score (nSPS) is 18.2. The molecule has 0 atom stereocenters. The van der Waals surface area contributed by atoms with Crippen molar-refractivity contribution >= 4 is 22.7 Å². The van der Waals surface area contributed by atoms with E-state index in [2.05, 4.69) is 17.5 Å². The van der Waals surface area contributed by atoms with Crippen molar-refractivity contribution in [2.45, 2.75) is 29.1 Å². The van der Waals surface area contributed by atoms with Gasteiger partial charge in [-0.25, -0.2) is 13.4 Å². The summed E-state index contributed by atoms with van der Waals surface area (Å²) in [7, 11) is -3.43. The van der Waals surface area contributed by atoms with Crippen LogP contribution in [0.1, 0.15) is 19.3 Å². The van der Waals surface area contributed by atoms with E-state index in [1.54, 1.807) is 29.3 Å². The van der Waals surface area contributed by atoms with Crippen LogP contribution in [0.3, 0.4) is 0 Å². The first-order valence-electron chi connectivity index (χ1n) is 5.64. The molecule has 17 heavy (non-hydrogen) atoms. The van der Waals surface area contributed by atoms with E-state index in [1.807, 2.05) is 0 Å². The van der Waals surface area contributed by atoms with Gasteiger partial charge in [0.1, 0.15) is 0 Å². The van der Waals surface area contributed by atoms with Gasteiger partial charge in [-0.05, 0) is 37.1 Å². The number of hydrogen-bond acceptors (Lipinski definition) is 4. The Hall–Kier alpha value is -0.560. The molecule has 6 heteroatoms. The van der Waals surface area contributed by atoms with E-state index in [9.17, 15) is 8.42 Å². The molecule has 0 radical (unpaired) electrons. The molecule has 0 bridgehead atoms. The molecular formula is C11H16N2O2S2. The second-order valence-corrected chi connectivity index (χ2v) is 6.31. The fourth-order valence-corrected chi connectivity index (χ4v) is 3.10. The van der Waals surface area contributed by atoms with Gasteiger partial charge in [0.2, 0.25) is 0 Å². The van der Waals surface area contributed by atoms with Crippen LogP contribution in [0.25, 0.3) is 0 Å². The van der Waals surface area contributed by atoms with Gasteiger partial charge >= 0.3 is 0 Å². The molecule has 1 aromatic carbocycles. The summed E-state index contributed by atoms with van der Waals surface area (Å²) in [5.41, 5.74) is 0. The van der Waals surface area contributed by atoms with Gasteiger partial charge in [-0.2, -0.15) is 0 Å². The van der Waals surface area contributed by atoms with Crippen molar-refractivity contribution in [3.63, 3.8) is 0 Å². The first-order valence-corrected chi connectivity index (χ1v) is 7.57. The van der Waals surface area contributed by atoms with Gasteiger partial charge in [0.05, 0.1) is 4.90 Å². The zero-order chi connectivity index (χ0) is 12.3. The minimum atomic E-state index is -3.43. The highest BCUT2D eigenvalue weighted by molar-refractivity contribution is 7.89. The SMILES string of the molecule is O=S(=O)(NN1CCCCC1)c1ccc(S)cc1. The van der Waals surface area contributed by atoms with Crippen molar-refractivity contribution in [1.29, 1.82) is 0 Å². The van der Waals surface area contributed by atoms with E-state index in [0.717, 1.165) is 30.8 Å². The van der Waals surface area contributed by atoms with Crippen molar-refractivity contribution in [2.75, 3.05) is 13.1 Å². The van der Waals surface area contributed by atoms with Gasteiger partial charge in [0.25, 0.3) is 10.0 Å². The number of rotatable bonds is 3. The zero-order valence-electron chi connectivity index (χ0n) is 9.46. The Balaban J connectivity index is 2.10. The number of thiol groups is 1. The Bertz CT molecular complexity index is 465. The lowest BCUT2D eigenvalue weighted by atomic mass is 10.2. The molecule has 1 aliphatic rings. The van der Waals surface area contributed by atoms with Crippen molar-refractivity contribution in [2.24, 2.45) is 0 Å². The van der Waals surface area contributed by atoms with Crippen LogP contribution in [0.5, 0.6) is 0 Å². The van der Waals surface area contributed by atoms with Crippen LogP contribution in [0, 0.1) is 0 Å². The maximum atomic E-state index is 12.0. The minimum Gasteiger partial charge on any atom is -0.230 e. The van der Waals surface area contributed by atoms with Crippen molar-refractivity contribution in [3.8, 4) is 0 Å². The van der Waals surface area contributed by atoms with Gasteiger partial charge in [-0.3, -0.25) is 0 Å². The summed E-state index contributed by atoms with van der Waals surface area (Å²) >= 11 is 4.13. The topological polar surface area (TPSA) is 49.4 Å². The van der Waals surface area contributed by atoms with E-state index in [4.69, 9.17) is 0 Å². The molecule has 1 N–H and O–H groups in total. The molecule has 1 heterocycles. The third kappa shape index (κ3) is 3.45. The molecule has 1 saturated heterocycles. The number of nitrogens with one attached hydrogen (secondary N) is 1. The van der Waals surface area contributed by atoms with Crippen LogP contribution in [0.4, 0.5) is 0 Å². The smallest absolute Gasteiger partial charge is 0.230 e. The van der Waals surface area contributed by atoms with E-state index < -0.39 is 10.0 Å². The molecule has 0 spiro atoms. The Kier molecular flexibility index (Phi) is 4.09. The first-order chi connectivity index (χ1) is 8.08. The molecule has 0 saturated carbocycles. The molecule has 94 valence electrons. The highest BCUT2D eigenvalue weighted by Gasteiger charge is 2.19. The molecule has 0 amide bonds. The number of nitrogens with zero attached hydrogens (tertiary/aromatic N) is 1. The second-order valence-electron chi connectivity index (χ2n) is 4.14. The quantitative estimate of drug-likeness (QED) is 0.823. The summed E-state index contributed by atoms with van der Waals surface area (Å²) in [6.45, 7) is 1.56.